The fraction of sp³-hybridized carbons (Fsp3) is 0.462. The van der Waals surface area contributed by atoms with Crippen LogP contribution >= 0.6 is 0 Å². The number of nitrogens with one attached hydrogen (secondary N) is 2. The molecule has 5 heteroatoms. The van der Waals surface area contributed by atoms with E-state index in [0.29, 0.717) is 25.8 Å². The van der Waals surface area contributed by atoms with Gasteiger partial charge in [-0.2, -0.15) is 0 Å². The average Bonchev–Trinajstić information content (AvgIpc) is 3.20. The topological polar surface area (TPSA) is 59.6 Å². The van der Waals surface area contributed by atoms with Crippen LogP contribution in [0.25, 0.3) is 0 Å². The van der Waals surface area contributed by atoms with Crippen molar-refractivity contribution in [3.63, 3.8) is 0 Å². The molecule has 1 aliphatic carbocycles. The van der Waals surface area contributed by atoms with Gasteiger partial charge in [0.05, 0.1) is 0 Å². The highest BCUT2D eigenvalue weighted by atomic mass is 16.6. The maximum Gasteiger partial charge on any atom is 0.315 e. The van der Waals surface area contributed by atoms with E-state index < -0.39 is 0 Å². The standard InChI is InChI=1S/C13H16N2O3/c16-13(15-10-2-3-10)14-8-9-1-4-11-12(7-9)18-6-5-17-11/h1,4,7,10H,2-3,5-6,8H2,(H2,14,15,16). The van der Waals surface area contributed by atoms with Gasteiger partial charge in [-0.3, -0.25) is 0 Å². The summed E-state index contributed by atoms with van der Waals surface area (Å²) in [5.74, 6) is 1.52. The zero-order valence-corrected chi connectivity index (χ0v) is 10.1. The number of ether oxygens (including phenoxy) is 2. The van der Waals surface area contributed by atoms with Gasteiger partial charge < -0.3 is 20.1 Å². The minimum absolute atomic E-state index is 0.104. The Labute approximate surface area is 105 Å². The van der Waals surface area contributed by atoms with Crippen molar-refractivity contribution < 1.29 is 14.3 Å². The van der Waals surface area contributed by atoms with Crippen LogP contribution in [0.2, 0.25) is 0 Å². The first-order valence-corrected chi connectivity index (χ1v) is 6.24. The molecule has 3 rings (SSSR count). The van der Waals surface area contributed by atoms with Crippen LogP contribution in [0.5, 0.6) is 11.5 Å². The summed E-state index contributed by atoms with van der Waals surface area (Å²) in [6, 6.07) is 6.00. The van der Waals surface area contributed by atoms with Crippen molar-refractivity contribution >= 4 is 6.03 Å². The molecule has 18 heavy (non-hydrogen) atoms. The van der Waals surface area contributed by atoms with Gasteiger partial charge in [-0.25, -0.2) is 4.79 Å². The zero-order chi connectivity index (χ0) is 12.4. The monoisotopic (exact) mass is 248 g/mol. The molecule has 96 valence electrons. The van der Waals surface area contributed by atoms with E-state index in [2.05, 4.69) is 10.6 Å². The third kappa shape index (κ3) is 2.67. The summed E-state index contributed by atoms with van der Waals surface area (Å²) < 4.78 is 10.9. The molecule has 1 fully saturated rings. The molecule has 2 aliphatic rings. The van der Waals surface area contributed by atoms with Crippen LogP contribution in [0, 0.1) is 0 Å². The van der Waals surface area contributed by atoms with Crippen LogP contribution in [-0.4, -0.2) is 25.3 Å². The molecule has 0 unspecified atom stereocenters. The number of benzene rings is 1. The van der Waals surface area contributed by atoms with E-state index in [1.807, 2.05) is 18.2 Å². The average molecular weight is 248 g/mol. The summed E-state index contributed by atoms with van der Waals surface area (Å²) in [7, 11) is 0. The van der Waals surface area contributed by atoms with Gasteiger partial charge in [0.2, 0.25) is 0 Å². The second kappa shape index (κ2) is 4.76. The molecular weight excluding hydrogens is 232 g/mol. The van der Waals surface area contributed by atoms with E-state index in [0.717, 1.165) is 29.9 Å². The van der Waals surface area contributed by atoms with Gasteiger partial charge in [-0.15, -0.1) is 0 Å². The molecule has 0 aromatic heterocycles. The van der Waals surface area contributed by atoms with Crippen molar-refractivity contribution in [3.8, 4) is 11.5 Å². The lowest BCUT2D eigenvalue weighted by Crippen LogP contribution is -2.36. The van der Waals surface area contributed by atoms with Crippen LogP contribution in [0.15, 0.2) is 18.2 Å². The molecule has 5 nitrogen and oxygen atoms in total. The van der Waals surface area contributed by atoms with E-state index in [1.165, 1.54) is 0 Å². The van der Waals surface area contributed by atoms with E-state index in [-0.39, 0.29) is 6.03 Å². The van der Waals surface area contributed by atoms with Crippen LogP contribution < -0.4 is 20.1 Å². The van der Waals surface area contributed by atoms with Crippen LogP contribution in [0.1, 0.15) is 18.4 Å². The van der Waals surface area contributed by atoms with Crippen molar-refractivity contribution in [1.29, 1.82) is 0 Å². The molecule has 0 radical (unpaired) electrons. The summed E-state index contributed by atoms with van der Waals surface area (Å²) in [6.45, 7) is 1.66. The van der Waals surface area contributed by atoms with Crippen molar-refractivity contribution in [2.75, 3.05) is 13.2 Å². The second-order valence-corrected chi connectivity index (χ2v) is 4.58. The van der Waals surface area contributed by atoms with Gasteiger partial charge in [-0.05, 0) is 30.5 Å². The zero-order valence-electron chi connectivity index (χ0n) is 10.1. The summed E-state index contributed by atoms with van der Waals surface area (Å²) in [5, 5.41) is 5.71. The Kier molecular flexibility index (Phi) is 2.96. The Hall–Kier alpha value is -1.91. The van der Waals surface area contributed by atoms with E-state index in [9.17, 15) is 4.79 Å². The molecule has 1 saturated carbocycles. The van der Waals surface area contributed by atoms with Crippen molar-refractivity contribution in [2.24, 2.45) is 0 Å². The second-order valence-electron chi connectivity index (χ2n) is 4.58. The predicted octanol–water partition coefficient (Wildman–Crippen LogP) is 1.42. The van der Waals surface area contributed by atoms with Gasteiger partial charge in [0.15, 0.2) is 11.5 Å². The van der Waals surface area contributed by atoms with Gasteiger partial charge in [0.25, 0.3) is 0 Å². The third-order valence-corrected chi connectivity index (χ3v) is 2.97. The number of amides is 2. The predicted molar refractivity (Wildman–Crippen MR) is 65.8 cm³/mol. The van der Waals surface area contributed by atoms with E-state index >= 15 is 0 Å². The van der Waals surface area contributed by atoms with E-state index in [4.69, 9.17) is 9.47 Å². The molecule has 2 N–H and O–H groups in total. The number of carbonyl (C=O) groups is 1. The lowest BCUT2D eigenvalue weighted by molar-refractivity contribution is 0.171. The minimum Gasteiger partial charge on any atom is -0.486 e. The summed E-state index contributed by atoms with van der Waals surface area (Å²) in [4.78, 5) is 11.5. The summed E-state index contributed by atoms with van der Waals surface area (Å²) >= 11 is 0. The van der Waals surface area contributed by atoms with Crippen LogP contribution in [-0.2, 0) is 6.54 Å². The lowest BCUT2D eigenvalue weighted by atomic mass is 10.2. The minimum atomic E-state index is -0.104. The molecule has 0 bridgehead atoms. The highest BCUT2D eigenvalue weighted by molar-refractivity contribution is 5.74. The molecule has 0 saturated heterocycles. The molecule has 1 aromatic carbocycles. The maximum absolute atomic E-state index is 11.5. The first kappa shape index (κ1) is 11.2. The van der Waals surface area contributed by atoms with Gasteiger partial charge in [-0.1, -0.05) is 6.07 Å². The SMILES string of the molecule is O=C(NCc1ccc2c(c1)OCCO2)NC1CC1. The fourth-order valence-corrected chi connectivity index (χ4v) is 1.84. The highest BCUT2D eigenvalue weighted by Gasteiger charge is 2.23. The third-order valence-electron chi connectivity index (χ3n) is 2.97. The van der Waals surface area contributed by atoms with Crippen molar-refractivity contribution in [3.05, 3.63) is 23.8 Å². The Morgan fingerprint density at radius 2 is 2.00 bits per heavy atom. The van der Waals surface area contributed by atoms with Crippen LogP contribution in [0.3, 0.4) is 0 Å². The number of hydrogen-bond acceptors (Lipinski definition) is 3. The number of urea groups is 1. The molecular formula is C13H16N2O3. The highest BCUT2D eigenvalue weighted by Crippen LogP contribution is 2.30. The lowest BCUT2D eigenvalue weighted by Gasteiger charge is -2.19. The normalized spacial score (nSPS) is 17.1. The Morgan fingerprint density at radius 1 is 1.22 bits per heavy atom. The van der Waals surface area contributed by atoms with Gasteiger partial charge >= 0.3 is 6.03 Å². The molecule has 2 amide bonds. The largest absolute Gasteiger partial charge is 0.486 e. The van der Waals surface area contributed by atoms with Crippen LogP contribution in [0.4, 0.5) is 4.79 Å². The number of carbonyl (C=O) groups excluding carboxylic acids is 1. The molecule has 0 atom stereocenters. The Morgan fingerprint density at radius 3 is 2.78 bits per heavy atom. The first-order chi connectivity index (χ1) is 8.81. The first-order valence-electron chi connectivity index (χ1n) is 6.24. The number of hydrogen-bond donors (Lipinski definition) is 2. The number of rotatable bonds is 3. The maximum atomic E-state index is 11.5. The summed E-state index contributed by atoms with van der Waals surface area (Å²) in [5.41, 5.74) is 1.00. The molecule has 1 aliphatic heterocycles. The van der Waals surface area contributed by atoms with Gasteiger partial charge in [0.1, 0.15) is 13.2 Å². The quantitative estimate of drug-likeness (QED) is 0.850. The number of fused-ring (bicyclic) bond motifs is 1. The Balaban J connectivity index is 1.56. The smallest absolute Gasteiger partial charge is 0.315 e. The fourth-order valence-electron chi connectivity index (χ4n) is 1.84. The van der Waals surface area contributed by atoms with E-state index in [1.54, 1.807) is 0 Å². The van der Waals surface area contributed by atoms with Gasteiger partial charge in [0, 0.05) is 12.6 Å². The summed E-state index contributed by atoms with van der Waals surface area (Å²) in [6.07, 6.45) is 2.19. The van der Waals surface area contributed by atoms with Crippen molar-refractivity contribution in [2.45, 2.75) is 25.4 Å². The molecule has 1 aromatic rings. The Bertz CT molecular complexity index is 458. The molecule has 1 heterocycles. The van der Waals surface area contributed by atoms with Crippen molar-refractivity contribution in [1.82, 2.24) is 10.6 Å². The molecule has 0 spiro atoms.